The maximum atomic E-state index is 13.1. The quantitative estimate of drug-likeness (QED) is 0.151. The highest BCUT2D eigenvalue weighted by molar-refractivity contribution is 5.98. The second-order valence-electron chi connectivity index (χ2n) is 9.74. The number of rotatable bonds is 12. The van der Waals surface area contributed by atoms with Crippen LogP contribution in [-0.4, -0.2) is 30.3 Å². The number of benzene rings is 3. The molecule has 2 N–H and O–H groups in total. The van der Waals surface area contributed by atoms with Crippen molar-refractivity contribution in [2.45, 2.75) is 46.1 Å². The van der Waals surface area contributed by atoms with E-state index in [1.165, 1.54) is 0 Å². The fourth-order valence-corrected chi connectivity index (χ4v) is 4.30. The van der Waals surface area contributed by atoms with E-state index in [1.54, 1.807) is 31.2 Å². The Morgan fingerprint density at radius 1 is 0.872 bits per heavy atom. The molecule has 3 aromatic carbocycles. The van der Waals surface area contributed by atoms with E-state index in [0.717, 1.165) is 28.0 Å². The number of ether oxygens (including phenoxy) is 1. The molecule has 7 nitrogen and oxygen atoms in total. The number of hydrogen-bond acceptors (Lipinski definition) is 6. The summed E-state index contributed by atoms with van der Waals surface area (Å²) >= 11 is 0. The molecule has 0 aliphatic rings. The van der Waals surface area contributed by atoms with Crippen LogP contribution >= 0.6 is 0 Å². The van der Waals surface area contributed by atoms with Gasteiger partial charge in [-0.05, 0) is 79.9 Å². The molecule has 0 unspecified atom stereocenters. The van der Waals surface area contributed by atoms with Crippen molar-refractivity contribution in [1.82, 2.24) is 0 Å². The lowest BCUT2D eigenvalue weighted by atomic mass is 10.0. The molecule has 1 aromatic heterocycles. The van der Waals surface area contributed by atoms with Crippen LogP contribution in [0.2, 0.25) is 0 Å². The average Bonchev–Trinajstić information content (AvgIpc) is 3.37. The molecule has 0 saturated carbocycles. The highest BCUT2D eigenvalue weighted by Gasteiger charge is 2.22. The van der Waals surface area contributed by atoms with Crippen LogP contribution in [0.5, 0.6) is 0 Å². The minimum atomic E-state index is -0.480. The Bertz CT molecular complexity index is 1390. The highest BCUT2D eigenvalue weighted by atomic mass is 16.5. The van der Waals surface area contributed by atoms with Crippen LogP contribution in [0, 0.1) is 5.92 Å². The third kappa shape index (κ3) is 7.35. The molecule has 0 bridgehead atoms. The number of Topliss-reactive ketones (excluding diaryl/α,β-unsaturated/α-hetero) is 1. The molecule has 0 aliphatic heterocycles. The summed E-state index contributed by atoms with van der Waals surface area (Å²) < 4.78 is 10.8. The van der Waals surface area contributed by atoms with E-state index in [4.69, 9.17) is 9.15 Å². The number of fused-ring (bicyclic) bond motifs is 1. The van der Waals surface area contributed by atoms with Crippen molar-refractivity contribution < 1.29 is 23.5 Å². The van der Waals surface area contributed by atoms with Crippen molar-refractivity contribution >= 4 is 40.0 Å². The number of carbonyl (C=O) groups is 3. The van der Waals surface area contributed by atoms with Gasteiger partial charge in [0.25, 0.3) is 0 Å². The number of hydrogen-bond donors (Lipinski definition) is 2. The van der Waals surface area contributed by atoms with Crippen molar-refractivity contribution in [1.29, 1.82) is 0 Å². The van der Waals surface area contributed by atoms with Gasteiger partial charge in [-0.1, -0.05) is 32.0 Å². The first-order valence-electron chi connectivity index (χ1n) is 13.3. The Kier molecular flexibility index (Phi) is 9.15. The van der Waals surface area contributed by atoms with Gasteiger partial charge >= 0.3 is 5.97 Å². The second-order valence-corrected chi connectivity index (χ2v) is 9.74. The normalized spacial score (nSPS) is 11.8. The van der Waals surface area contributed by atoms with Gasteiger partial charge in [-0.3, -0.25) is 14.4 Å². The molecule has 0 saturated heterocycles. The summed E-state index contributed by atoms with van der Waals surface area (Å²) in [5.74, 6) is 0.321. The van der Waals surface area contributed by atoms with E-state index in [2.05, 4.69) is 10.6 Å². The molecular weight excluding hydrogens is 492 g/mol. The van der Waals surface area contributed by atoms with Gasteiger partial charge in [0.2, 0.25) is 5.91 Å². The van der Waals surface area contributed by atoms with Gasteiger partial charge in [0, 0.05) is 40.7 Å². The highest BCUT2D eigenvalue weighted by Crippen LogP contribution is 2.28. The molecule has 39 heavy (non-hydrogen) atoms. The van der Waals surface area contributed by atoms with Crippen LogP contribution in [0.1, 0.15) is 50.4 Å². The SMILES string of the molecule is CCOC(=O)CCCC(=O)c1ccc(N[C@H](C(=O)Nc2ccc(-c3cc4ccccc4o3)cc2)C(C)C)cc1. The number of carbonyl (C=O) groups excluding carboxylic acids is 3. The van der Waals surface area contributed by atoms with E-state index < -0.39 is 6.04 Å². The van der Waals surface area contributed by atoms with Crippen LogP contribution in [0.4, 0.5) is 11.4 Å². The largest absolute Gasteiger partial charge is 0.466 e. The molecule has 0 spiro atoms. The van der Waals surface area contributed by atoms with Gasteiger partial charge in [-0.2, -0.15) is 0 Å². The summed E-state index contributed by atoms with van der Waals surface area (Å²) in [5, 5.41) is 7.33. The molecule has 1 atom stereocenters. The van der Waals surface area contributed by atoms with Gasteiger partial charge in [0.1, 0.15) is 17.4 Å². The van der Waals surface area contributed by atoms with Crippen molar-refractivity contribution in [3.63, 3.8) is 0 Å². The third-order valence-corrected chi connectivity index (χ3v) is 6.43. The molecule has 4 rings (SSSR count). The molecule has 4 aromatic rings. The number of furan rings is 1. The Morgan fingerprint density at radius 3 is 2.23 bits per heavy atom. The first-order chi connectivity index (χ1) is 18.8. The third-order valence-electron chi connectivity index (χ3n) is 6.43. The topological polar surface area (TPSA) is 97.6 Å². The molecule has 1 heterocycles. The number of esters is 1. The monoisotopic (exact) mass is 526 g/mol. The lowest BCUT2D eigenvalue weighted by Crippen LogP contribution is -2.38. The Hall–Kier alpha value is -4.39. The summed E-state index contributed by atoms with van der Waals surface area (Å²) in [6, 6.07) is 24.0. The minimum Gasteiger partial charge on any atom is -0.466 e. The minimum absolute atomic E-state index is 0.0176. The average molecular weight is 527 g/mol. The molecule has 202 valence electrons. The Labute approximate surface area is 228 Å². The first kappa shape index (κ1) is 27.6. The number of nitrogens with one attached hydrogen (secondary N) is 2. The summed E-state index contributed by atoms with van der Waals surface area (Å²) in [5.41, 5.74) is 3.77. The Balaban J connectivity index is 1.34. The fraction of sp³-hybridized carbons (Fsp3) is 0.281. The summed E-state index contributed by atoms with van der Waals surface area (Å²) in [4.78, 5) is 37.1. The zero-order valence-electron chi connectivity index (χ0n) is 22.5. The van der Waals surface area contributed by atoms with Gasteiger partial charge < -0.3 is 19.8 Å². The second kappa shape index (κ2) is 12.9. The van der Waals surface area contributed by atoms with Gasteiger partial charge in [0.15, 0.2) is 5.78 Å². The van der Waals surface area contributed by atoms with Crippen molar-refractivity contribution in [2.24, 2.45) is 5.92 Å². The molecule has 0 fully saturated rings. The lowest BCUT2D eigenvalue weighted by molar-refractivity contribution is -0.143. The van der Waals surface area contributed by atoms with Crippen molar-refractivity contribution in [3.05, 3.63) is 84.4 Å². The fourth-order valence-electron chi connectivity index (χ4n) is 4.30. The van der Waals surface area contributed by atoms with Crippen LogP contribution in [0.25, 0.3) is 22.3 Å². The standard InChI is InChI=1S/C32H34N2O5/c1-4-38-30(36)11-7-9-27(35)22-12-16-25(17-13-22)33-31(21(2)3)32(37)34-26-18-14-23(15-19-26)29-20-24-8-5-6-10-28(24)39-29/h5-6,8,10,12-21,31,33H,4,7,9,11H2,1-3H3,(H,34,37)/t31-/m0/s1. The molecular formula is C32H34N2O5. The zero-order chi connectivity index (χ0) is 27.8. The van der Waals surface area contributed by atoms with E-state index in [-0.39, 0.29) is 36.4 Å². The van der Waals surface area contributed by atoms with E-state index in [9.17, 15) is 14.4 Å². The zero-order valence-corrected chi connectivity index (χ0v) is 22.5. The Morgan fingerprint density at radius 2 is 1.56 bits per heavy atom. The predicted octanol–water partition coefficient (Wildman–Crippen LogP) is 7.09. The number of para-hydroxylation sites is 1. The number of ketones is 1. The predicted molar refractivity (Wildman–Crippen MR) is 154 cm³/mol. The van der Waals surface area contributed by atoms with Crippen LogP contribution < -0.4 is 10.6 Å². The summed E-state index contributed by atoms with van der Waals surface area (Å²) in [6.07, 6.45) is 0.956. The van der Waals surface area contributed by atoms with Gasteiger partial charge in [-0.25, -0.2) is 0 Å². The van der Waals surface area contributed by atoms with Crippen LogP contribution in [0.3, 0.4) is 0 Å². The molecule has 0 radical (unpaired) electrons. The van der Waals surface area contributed by atoms with E-state index in [0.29, 0.717) is 24.3 Å². The summed E-state index contributed by atoms with van der Waals surface area (Å²) in [7, 11) is 0. The maximum absolute atomic E-state index is 13.1. The van der Waals surface area contributed by atoms with Crippen LogP contribution in [0.15, 0.2) is 83.3 Å². The molecule has 7 heteroatoms. The first-order valence-corrected chi connectivity index (χ1v) is 13.3. The van der Waals surface area contributed by atoms with Gasteiger partial charge in [0.05, 0.1) is 6.61 Å². The van der Waals surface area contributed by atoms with Crippen LogP contribution in [-0.2, 0) is 14.3 Å². The van der Waals surface area contributed by atoms with Crippen molar-refractivity contribution in [3.8, 4) is 11.3 Å². The lowest BCUT2D eigenvalue weighted by Gasteiger charge is -2.23. The maximum Gasteiger partial charge on any atom is 0.305 e. The molecule has 1 amide bonds. The smallest absolute Gasteiger partial charge is 0.305 e. The summed E-state index contributed by atoms with van der Waals surface area (Å²) in [6.45, 7) is 6.05. The number of anilines is 2. The number of amides is 1. The van der Waals surface area contributed by atoms with Gasteiger partial charge in [-0.15, -0.1) is 0 Å². The molecule has 0 aliphatic carbocycles. The van der Waals surface area contributed by atoms with E-state index in [1.807, 2.05) is 68.4 Å². The van der Waals surface area contributed by atoms with Crippen molar-refractivity contribution in [2.75, 3.05) is 17.2 Å². The van der Waals surface area contributed by atoms with E-state index >= 15 is 0 Å².